The first kappa shape index (κ1) is 35.0. The van der Waals surface area contributed by atoms with Gasteiger partial charge >= 0.3 is 0 Å². The summed E-state index contributed by atoms with van der Waals surface area (Å²) in [5, 5.41) is 13.2. The number of allylic oxidation sites excluding steroid dienone is 2. The lowest BCUT2D eigenvalue weighted by molar-refractivity contribution is -0.144. The molecule has 9 nitrogen and oxygen atoms in total. The number of likely N-dealkylation sites (tertiary alicyclic amines) is 1. The first-order valence-electron chi connectivity index (χ1n) is 19.6. The van der Waals surface area contributed by atoms with Crippen molar-refractivity contribution < 1.29 is 29.0 Å². The van der Waals surface area contributed by atoms with Crippen LogP contribution in [-0.2, 0) is 31.2 Å². The number of benzene rings is 4. The smallest absolute Gasteiger partial charge is 0.260 e. The van der Waals surface area contributed by atoms with Gasteiger partial charge in [-0.05, 0) is 67.9 Å². The van der Waals surface area contributed by atoms with Gasteiger partial charge in [-0.15, -0.1) is 0 Å². The van der Waals surface area contributed by atoms with E-state index in [4.69, 9.17) is 4.74 Å². The zero-order valence-corrected chi connectivity index (χ0v) is 30.9. The minimum atomic E-state index is -1.47. The predicted octanol–water partition coefficient (Wildman–Crippen LogP) is 7.60. The minimum absolute atomic E-state index is 0.0730. The highest BCUT2D eigenvalue weighted by atomic mass is 16.5. The number of aromatic hydroxyl groups is 1. The number of imide groups is 2. The Morgan fingerprint density at radius 2 is 1.51 bits per heavy atom. The molecule has 6 atom stereocenters. The maximum absolute atomic E-state index is 15.4. The number of nitrogens with one attached hydrogen (secondary N) is 1. The maximum atomic E-state index is 15.4. The SMILES string of the molecule is Cc1ccc(NN2C(=O)C3CC4C(=CCC5C(=O)N(C6CCCCC6)C(=O)C54)C(c4ccc(OCc5ccccc5)cc4O)C3(c3ccccc3)C2=O)cc1. The molecule has 0 spiro atoms. The van der Waals surface area contributed by atoms with E-state index in [1.165, 1.54) is 0 Å². The number of ether oxygens (including phenoxy) is 1. The van der Waals surface area contributed by atoms with Gasteiger partial charge in [0.15, 0.2) is 0 Å². The molecule has 4 aromatic rings. The fourth-order valence-corrected chi connectivity index (χ4v) is 10.4. The Hall–Kier alpha value is -5.70. The van der Waals surface area contributed by atoms with Gasteiger partial charge in [0.1, 0.15) is 18.1 Å². The molecule has 2 aliphatic heterocycles. The van der Waals surface area contributed by atoms with Crippen LogP contribution in [0, 0.1) is 30.6 Å². The Balaban J connectivity index is 1.18. The number of carbonyl (C=O) groups is 4. The summed E-state index contributed by atoms with van der Waals surface area (Å²) < 4.78 is 6.10. The number of phenols is 1. The van der Waals surface area contributed by atoms with Crippen LogP contribution >= 0.6 is 0 Å². The lowest BCUT2D eigenvalue weighted by Gasteiger charge is -2.50. The van der Waals surface area contributed by atoms with Crippen LogP contribution < -0.4 is 10.2 Å². The Bertz CT molecular complexity index is 2180. The number of hydrogen-bond donors (Lipinski definition) is 2. The van der Waals surface area contributed by atoms with Gasteiger partial charge in [-0.1, -0.05) is 115 Å². The summed E-state index contributed by atoms with van der Waals surface area (Å²) >= 11 is 0. The molecule has 9 heteroatoms. The fraction of sp³-hybridized carbons (Fsp3) is 0.348. The number of anilines is 1. The summed E-state index contributed by atoms with van der Waals surface area (Å²) in [5.41, 5.74) is 6.21. The second-order valence-corrected chi connectivity index (χ2v) is 15.9. The van der Waals surface area contributed by atoms with Gasteiger partial charge in [-0.25, -0.2) is 0 Å². The normalized spacial score (nSPS) is 27.7. The van der Waals surface area contributed by atoms with E-state index < -0.39 is 46.8 Å². The first-order valence-corrected chi connectivity index (χ1v) is 19.6. The number of fused-ring (bicyclic) bond motifs is 4. The van der Waals surface area contributed by atoms with Crippen LogP contribution in [0.5, 0.6) is 11.5 Å². The Kier molecular flexibility index (Phi) is 8.83. The summed E-state index contributed by atoms with van der Waals surface area (Å²) in [5.74, 6) is -4.11. The van der Waals surface area contributed by atoms with E-state index in [1.54, 1.807) is 23.1 Å². The summed E-state index contributed by atoms with van der Waals surface area (Å²) in [4.78, 5) is 60.6. The average molecular weight is 736 g/mol. The first-order chi connectivity index (χ1) is 26.8. The number of carbonyl (C=O) groups excluding carboxylic acids is 4. The molecule has 280 valence electrons. The summed E-state index contributed by atoms with van der Waals surface area (Å²) in [6, 6.07) is 31.7. The number of aryl methyl sites for hydroxylation is 1. The van der Waals surface area contributed by atoms with Crippen molar-refractivity contribution in [2.75, 3.05) is 5.43 Å². The molecule has 2 N–H and O–H groups in total. The highest BCUT2D eigenvalue weighted by Crippen LogP contribution is 2.65. The van der Waals surface area contributed by atoms with Crippen LogP contribution in [0.4, 0.5) is 5.69 Å². The van der Waals surface area contributed by atoms with Gasteiger partial charge in [0.25, 0.3) is 11.8 Å². The van der Waals surface area contributed by atoms with Gasteiger partial charge in [-0.2, -0.15) is 5.01 Å². The van der Waals surface area contributed by atoms with Gasteiger partial charge < -0.3 is 9.84 Å². The molecular formula is C46H45N3O6. The number of hydrazine groups is 1. The van der Waals surface area contributed by atoms with Gasteiger partial charge in [0.2, 0.25) is 11.8 Å². The minimum Gasteiger partial charge on any atom is -0.508 e. The largest absolute Gasteiger partial charge is 0.508 e. The van der Waals surface area contributed by atoms with Crippen LogP contribution in [-0.4, -0.2) is 44.7 Å². The summed E-state index contributed by atoms with van der Waals surface area (Å²) in [6.45, 7) is 2.27. The van der Waals surface area contributed by atoms with E-state index in [-0.39, 0.29) is 30.0 Å². The summed E-state index contributed by atoms with van der Waals surface area (Å²) in [7, 11) is 0. The van der Waals surface area contributed by atoms with Crippen molar-refractivity contribution >= 4 is 29.3 Å². The zero-order chi connectivity index (χ0) is 37.8. The molecule has 4 fully saturated rings. The molecule has 9 rings (SSSR count). The van der Waals surface area contributed by atoms with E-state index >= 15 is 4.79 Å². The van der Waals surface area contributed by atoms with E-state index in [0.29, 0.717) is 35.6 Å². The molecule has 0 radical (unpaired) electrons. The fourth-order valence-electron chi connectivity index (χ4n) is 10.4. The third kappa shape index (κ3) is 5.66. The molecule has 2 saturated carbocycles. The number of rotatable bonds is 8. The average Bonchev–Trinajstić information content (AvgIpc) is 3.59. The number of nitrogens with zero attached hydrogens (tertiary/aromatic N) is 2. The van der Waals surface area contributed by atoms with E-state index in [1.807, 2.05) is 97.9 Å². The predicted molar refractivity (Wildman–Crippen MR) is 206 cm³/mol. The Morgan fingerprint density at radius 3 is 2.22 bits per heavy atom. The van der Waals surface area contributed by atoms with E-state index in [2.05, 4.69) is 5.43 Å². The van der Waals surface area contributed by atoms with Crippen molar-refractivity contribution in [2.24, 2.45) is 23.7 Å². The van der Waals surface area contributed by atoms with Crippen LogP contribution in [0.15, 0.2) is 115 Å². The van der Waals surface area contributed by atoms with Crippen molar-refractivity contribution in [3.63, 3.8) is 0 Å². The monoisotopic (exact) mass is 735 g/mol. The van der Waals surface area contributed by atoms with Crippen LogP contribution in [0.3, 0.4) is 0 Å². The van der Waals surface area contributed by atoms with Gasteiger partial charge in [0.05, 0.1) is 28.9 Å². The van der Waals surface area contributed by atoms with Crippen molar-refractivity contribution in [2.45, 2.75) is 75.9 Å². The Labute approximate surface area is 321 Å². The molecule has 2 heterocycles. The molecule has 4 amide bonds. The van der Waals surface area contributed by atoms with Crippen molar-refractivity contribution in [3.8, 4) is 11.5 Å². The molecule has 0 bridgehead atoms. The standard InChI is InChI=1S/C46H45N3O6/c1-28-17-19-31(20-18-28)47-49-43(52)38-26-37-34(23-24-36-40(37)44(53)48(42(36)51)32-15-9-4-10-16-32)41(46(38,45(49)54)30-13-7-3-8-14-30)35-22-21-33(25-39(35)50)55-27-29-11-5-2-6-12-29/h2-3,5-8,11-14,17-23,25,32,36-38,40-41,47,50H,4,9-10,15-16,24,26-27H2,1H3. The quantitative estimate of drug-likeness (QED) is 0.142. The van der Waals surface area contributed by atoms with Crippen LogP contribution in [0.25, 0.3) is 0 Å². The summed E-state index contributed by atoms with van der Waals surface area (Å²) in [6.07, 6.45) is 7.29. The highest BCUT2D eigenvalue weighted by Gasteiger charge is 2.70. The van der Waals surface area contributed by atoms with E-state index in [9.17, 15) is 19.5 Å². The molecule has 5 aliphatic rings. The van der Waals surface area contributed by atoms with E-state index in [0.717, 1.165) is 53.8 Å². The molecule has 0 aromatic heterocycles. The van der Waals surface area contributed by atoms with Gasteiger partial charge in [-0.3, -0.25) is 29.5 Å². The maximum Gasteiger partial charge on any atom is 0.260 e. The Morgan fingerprint density at radius 1 is 0.800 bits per heavy atom. The molecule has 55 heavy (non-hydrogen) atoms. The second kappa shape index (κ2) is 13.9. The highest BCUT2D eigenvalue weighted by molar-refractivity contribution is 6.13. The molecular weight excluding hydrogens is 691 g/mol. The third-order valence-corrected chi connectivity index (χ3v) is 12.9. The topological polar surface area (TPSA) is 116 Å². The van der Waals surface area contributed by atoms with Crippen molar-refractivity contribution in [1.29, 1.82) is 0 Å². The zero-order valence-electron chi connectivity index (χ0n) is 30.9. The number of phenolic OH excluding ortho intramolecular Hbond substituents is 1. The lowest BCUT2D eigenvalue weighted by Crippen LogP contribution is -2.53. The van der Waals surface area contributed by atoms with Crippen LogP contribution in [0.1, 0.15) is 73.1 Å². The van der Waals surface area contributed by atoms with Crippen molar-refractivity contribution in [3.05, 3.63) is 137 Å². The molecule has 3 aliphatic carbocycles. The third-order valence-electron chi connectivity index (χ3n) is 12.9. The second-order valence-electron chi connectivity index (χ2n) is 15.9. The molecule has 2 saturated heterocycles. The van der Waals surface area contributed by atoms with Gasteiger partial charge in [0, 0.05) is 23.6 Å². The number of amides is 4. The molecule has 6 unspecified atom stereocenters. The number of hydrogen-bond acceptors (Lipinski definition) is 7. The van der Waals surface area contributed by atoms with Crippen molar-refractivity contribution in [1.82, 2.24) is 9.91 Å². The van der Waals surface area contributed by atoms with Crippen LogP contribution in [0.2, 0.25) is 0 Å². The lowest BCUT2D eigenvalue weighted by atomic mass is 9.49. The molecule has 4 aromatic carbocycles.